The normalized spacial score (nSPS) is 12.1. The Kier molecular flexibility index (Phi) is 5.21. The van der Waals surface area contributed by atoms with Gasteiger partial charge in [-0.05, 0) is 37.6 Å². The Morgan fingerprint density at radius 1 is 1.11 bits per heavy atom. The first kappa shape index (κ1) is 18.6. The zero-order chi connectivity index (χ0) is 19.6. The van der Waals surface area contributed by atoms with E-state index in [-0.39, 0.29) is 23.8 Å². The molecule has 1 unspecified atom stereocenters. The molecule has 0 aliphatic rings. The summed E-state index contributed by atoms with van der Waals surface area (Å²) < 4.78 is 16.2. The van der Waals surface area contributed by atoms with Crippen LogP contribution in [-0.2, 0) is 11.3 Å². The van der Waals surface area contributed by atoms with Crippen LogP contribution in [0.2, 0.25) is 0 Å². The smallest absolute Gasteiger partial charge is 0.322 e. The summed E-state index contributed by atoms with van der Waals surface area (Å²) in [5.74, 6) is -1.12. The maximum atomic E-state index is 13.8. The fourth-order valence-electron chi connectivity index (χ4n) is 2.96. The molecule has 6 nitrogen and oxygen atoms in total. The molecule has 2 aromatic carbocycles. The van der Waals surface area contributed by atoms with E-state index in [1.807, 2.05) is 6.92 Å². The number of para-hydroxylation sites is 2. The van der Waals surface area contributed by atoms with E-state index >= 15 is 0 Å². The van der Waals surface area contributed by atoms with E-state index in [0.29, 0.717) is 17.3 Å². The van der Waals surface area contributed by atoms with Gasteiger partial charge in [-0.25, -0.2) is 9.18 Å². The number of amides is 1. The van der Waals surface area contributed by atoms with Crippen LogP contribution in [0.15, 0.2) is 58.1 Å². The third-order valence-electron chi connectivity index (χ3n) is 4.56. The van der Waals surface area contributed by atoms with Crippen molar-refractivity contribution in [3.8, 4) is 0 Å². The Morgan fingerprint density at radius 3 is 2.48 bits per heavy atom. The Labute approximate surface area is 154 Å². The lowest BCUT2D eigenvalue weighted by atomic mass is 10.2. The maximum absolute atomic E-state index is 13.8. The molecule has 0 saturated carbocycles. The molecule has 3 rings (SSSR count). The van der Waals surface area contributed by atoms with Gasteiger partial charge in [0, 0.05) is 6.04 Å². The molecule has 0 aliphatic carbocycles. The third kappa shape index (κ3) is 3.53. The molecule has 0 bridgehead atoms. The number of halogens is 1. The number of benzene rings is 2. The number of hydrogen-bond acceptors (Lipinski definition) is 3. The first-order valence-corrected chi connectivity index (χ1v) is 8.72. The number of anilines is 1. The lowest BCUT2D eigenvalue weighted by molar-refractivity contribution is -0.116. The zero-order valence-electron chi connectivity index (χ0n) is 15.1. The monoisotopic (exact) mass is 369 g/mol. The zero-order valence-corrected chi connectivity index (χ0v) is 15.1. The first-order valence-electron chi connectivity index (χ1n) is 8.72. The number of rotatable bonds is 5. The van der Waals surface area contributed by atoms with Crippen LogP contribution < -0.4 is 16.6 Å². The molecule has 0 radical (unpaired) electrons. The maximum Gasteiger partial charge on any atom is 0.332 e. The van der Waals surface area contributed by atoms with Crippen molar-refractivity contribution in [1.82, 2.24) is 9.13 Å². The van der Waals surface area contributed by atoms with Crippen molar-refractivity contribution < 1.29 is 9.18 Å². The van der Waals surface area contributed by atoms with E-state index in [2.05, 4.69) is 5.32 Å². The molecule has 140 valence electrons. The minimum atomic E-state index is -0.562. The van der Waals surface area contributed by atoms with Crippen molar-refractivity contribution in [3.63, 3.8) is 0 Å². The largest absolute Gasteiger partial charge is 0.332 e. The van der Waals surface area contributed by atoms with E-state index in [4.69, 9.17) is 0 Å². The predicted molar refractivity (Wildman–Crippen MR) is 102 cm³/mol. The fraction of sp³-hybridized carbons (Fsp3) is 0.250. The molecule has 0 saturated heterocycles. The molecule has 1 amide bonds. The van der Waals surface area contributed by atoms with Crippen molar-refractivity contribution in [2.75, 3.05) is 5.32 Å². The number of aromatic nitrogens is 2. The molecular weight excluding hydrogens is 349 g/mol. The van der Waals surface area contributed by atoms with Crippen LogP contribution in [0.4, 0.5) is 10.1 Å². The van der Waals surface area contributed by atoms with Crippen LogP contribution in [-0.4, -0.2) is 15.0 Å². The summed E-state index contributed by atoms with van der Waals surface area (Å²) in [6.45, 7) is 3.33. The SMILES string of the molecule is CCC(C)n1c(=O)c2ccccc2n(CC(=O)Nc2ccccc2F)c1=O. The van der Waals surface area contributed by atoms with Gasteiger partial charge in [-0.3, -0.25) is 18.7 Å². The van der Waals surface area contributed by atoms with Crippen molar-refractivity contribution in [2.45, 2.75) is 32.9 Å². The van der Waals surface area contributed by atoms with Gasteiger partial charge in [0.2, 0.25) is 5.91 Å². The van der Waals surface area contributed by atoms with Crippen LogP contribution in [0.1, 0.15) is 26.3 Å². The molecule has 27 heavy (non-hydrogen) atoms. The van der Waals surface area contributed by atoms with Gasteiger partial charge in [0.25, 0.3) is 5.56 Å². The van der Waals surface area contributed by atoms with Crippen LogP contribution in [0.3, 0.4) is 0 Å². The van der Waals surface area contributed by atoms with Gasteiger partial charge < -0.3 is 5.32 Å². The van der Waals surface area contributed by atoms with Crippen molar-refractivity contribution in [2.24, 2.45) is 0 Å². The summed E-state index contributed by atoms with van der Waals surface area (Å²) in [5.41, 5.74) is -0.529. The average Bonchev–Trinajstić information content (AvgIpc) is 2.67. The van der Waals surface area contributed by atoms with Crippen LogP contribution >= 0.6 is 0 Å². The van der Waals surface area contributed by atoms with E-state index in [1.165, 1.54) is 27.3 Å². The fourth-order valence-corrected chi connectivity index (χ4v) is 2.96. The molecule has 1 heterocycles. The highest BCUT2D eigenvalue weighted by atomic mass is 19.1. The van der Waals surface area contributed by atoms with E-state index < -0.39 is 17.4 Å². The number of nitrogens with zero attached hydrogens (tertiary/aromatic N) is 2. The van der Waals surface area contributed by atoms with Gasteiger partial charge in [-0.15, -0.1) is 0 Å². The highest BCUT2D eigenvalue weighted by molar-refractivity contribution is 5.91. The molecular formula is C20H20FN3O3. The minimum absolute atomic E-state index is 0.0371. The summed E-state index contributed by atoms with van der Waals surface area (Å²) in [5, 5.41) is 2.82. The van der Waals surface area contributed by atoms with Gasteiger partial charge in [0.1, 0.15) is 12.4 Å². The van der Waals surface area contributed by atoms with Crippen molar-refractivity contribution >= 4 is 22.5 Å². The van der Waals surface area contributed by atoms with Crippen LogP contribution in [0.5, 0.6) is 0 Å². The van der Waals surface area contributed by atoms with Crippen LogP contribution in [0.25, 0.3) is 10.9 Å². The second-order valence-electron chi connectivity index (χ2n) is 6.35. The van der Waals surface area contributed by atoms with Crippen molar-refractivity contribution in [3.05, 3.63) is 75.2 Å². The molecule has 1 N–H and O–H groups in total. The topological polar surface area (TPSA) is 73.1 Å². The molecule has 3 aromatic rings. The first-order chi connectivity index (χ1) is 12.9. The summed E-state index contributed by atoms with van der Waals surface area (Å²) >= 11 is 0. The predicted octanol–water partition coefficient (Wildman–Crippen LogP) is 2.91. The van der Waals surface area contributed by atoms with E-state index in [0.717, 1.165) is 0 Å². The molecule has 0 aliphatic heterocycles. The highest BCUT2D eigenvalue weighted by Crippen LogP contribution is 2.14. The van der Waals surface area contributed by atoms with Gasteiger partial charge in [-0.1, -0.05) is 31.2 Å². The molecule has 0 fully saturated rings. The second kappa shape index (κ2) is 7.57. The van der Waals surface area contributed by atoms with Gasteiger partial charge in [0.05, 0.1) is 16.6 Å². The Balaban J connectivity index is 2.08. The molecule has 0 spiro atoms. The van der Waals surface area contributed by atoms with Crippen molar-refractivity contribution in [1.29, 1.82) is 0 Å². The summed E-state index contributed by atoms with van der Waals surface area (Å²) in [6.07, 6.45) is 0.592. The quantitative estimate of drug-likeness (QED) is 0.752. The molecule has 1 aromatic heterocycles. The number of carbonyl (C=O) groups excluding carboxylic acids is 1. The Morgan fingerprint density at radius 2 is 1.78 bits per heavy atom. The number of nitrogens with one attached hydrogen (secondary N) is 1. The summed E-state index contributed by atoms with van der Waals surface area (Å²) in [6, 6.07) is 12.1. The number of hydrogen-bond donors (Lipinski definition) is 1. The minimum Gasteiger partial charge on any atom is -0.322 e. The Bertz CT molecular complexity index is 1120. The number of carbonyl (C=O) groups is 1. The second-order valence-corrected chi connectivity index (χ2v) is 6.35. The number of fused-ring (bicyclic) bond motifs is 1. The Hall–Kier alpha value is -3.22. The van der Waals surface area contributed by atoms with Crippen LogP contribution in [0, 0.1) is 5.82 Å². The lowest BCUT2D eigenvalue weighted by Crippen LogP contribution is -2.43. The van der Waals surface area contributed by atoms with E-state index in [9.17, 15) is 18.8 Å². The molecule has 7 heteroatoms. The van der Waals surface area contributed by atoms with E-state index in [1.54, 1.807) is 37.3 Å². The molecule has 1 atom stereocenters. The van der Waals surface area contributed by atoms with Gasteiger partial charge in [0.15, 0.2) is 0 Å². The summed E-state index contributed by atoms with van der Waals surface area (Å²) in [7, 11) is 0. The summed E-state index contributed by atoms with van der Waals surface area (Å²) in [4.78, 5) is 38.1. The standard InChI is InChI=1S/C20H20FN3O3/c1-3-13(2)24-19(26)14-8-4-7-11-17(14)23(20(24)27)12-18(25)22-16-10-6-5-9-15(16)21/h4-11,13H,3,12H2,1-2H3,(H,22,25). The van der Waals surface area contributed by atoms with Gasteiger partial charge >= 0.3 is 5.69 Å². The average molecular weight is 369 g/mol. The highest BCUT2D eigenvalue weighted by Gasteiger charge is 2.18. The third-order valence-corrected chi connectivity index (χ3v) is 4.56. The lowest BCUT2D eigenvalue weighted by Gasteiger charge is -2.17. The van der Waals surface area contributed by atoms with Gasteiger partial charge in [-0.2, -0.15) is 0 Å².